The van der Waals surface area contributed by atoms with Crippen molar-refractivity contribution in [1.82, 2.24) is 15.0 Å². The third-order valence-electron chi connectivity index (χ3n) is 3.67. The Bertz CT molecular complexity index is 728. The maximum Gasteiger partial charge on any atom is 0.471 e. The second-order valence-corrected chi connectivity index (χ2v) is 5.44. The lowest BCUT2D eigenvalue weighted by atomic mass is 10.2. The van der Waals surface area contributed by atoms with Gasteiger partial charge >= 0.3 is 12.1 Å². The predicted molar refractivity (Wildman–Crippen MR) is 76.0 cm³/mol. The van der Waals surface area contributed by atoms with Gasteiger partial charge in [0, 0.05) is 25.5 Å². The number of halogens is 3. The molecule has 24 heavy (non-hydrogen) atoms. The van der Waals surface area contributed by atoms with E-state index >= 15 is 0 Å². The Morgan fingerprint density at radius 2 is 2.04 bits per heavy atom. The van der Waals surface area contributed by atoms with Crippen molar-refractivity contribution in [2.75, 3.05) is 13.1 Å². The Hall–Kier alpha value is -2.58. The van der Waals surface area contributed by atoms with E-state index in [9.17, 15) is 18.0 Å². The van der Waals surface area contributed by atoms with Gasteiger partial charge in [-0.25, -0.2) is 0 Å². The number of hydrogen-bond donors (Lipinski definition) is 0. The van der Waals surface area contributed by atoms with Crippen LogP contribution in [0.2, 0.25) is 0 Å². The first-order chi connectivity index (χ1) is 11.3. The van der Waals surface area contributed by atoms with Crippen molar-refractivity contribution in [3.8, 4) is 17.1 Å². The smallest absolute Gasteiger partial charge is 0.471 e. The first-order valence-corrected chi connectivity index (χ1v) is 7.26. The quantitative estimate of drug-likeness (QED) is 0.859. The Labute approximate surface area is 135 Å². The highest BCUT2D eigenvalue weighted by Crippen LogP contribution is 2.30. The van der Waals surface area contributed by atoms with Crippen molar-refractivity contribution >= 4 is 5.91 Å². The van der Waals surface area contributed by atoms with Crippen LogP contribution in [0.1, 0.15) is 19.2 Å². The number of carbonyl (C=O) groups excluding carboxylic acids is 1. The highest BCUT2D eigenvalue weighted by atomic mass is 19.4. The van der Waals surface area contributed by atoms with E-state index in [4.69, 9.17) is 4.74 Å². The fourth-order valence-corrected chi connectivity index (χ4v) is 2.44. The molecule has 1 aliphatic heterocycles. The highest BCUT2D eigenvalue weighted by Gasteiger charge is 2.38. The predicted octanol–water partition coefficient (Wildman–Crippen LogP) is 2.76. The molecule has 1 aromatic carbocycles. The van der Waals surface area contributed by atoms with E-state index in [-0.39, 0.29) is 17.8 Å². The molecule has 128 valence electrons. The summed E-state index contributed by atoms with van der Waals surface area (Å²) in [5, 5.41) is 3.32. The minimum absolute atomic E-state index is 0.00835. The van der Waals surface area contributed by atoms with Crippen molar-refractivity contribution in [1.29, 1.82) is 0 Å². The van der Waals surface area contributed by atoms with Crippen molar-refractivity contribution < 1.29 is 27.2 Å². The molecular formula is C15H14F3N3O3. The molecule has 1 aromatic heterocycles. The van der Waals surface area contributed by atoms with Gasteiger partial charge in [0.1, 0.15) is 11.9 Å². The topological polar surface area (TPSA) is 68.5 Å². The van der Waals surface area contributed by atoms with Crippen LogP contribution in [0.15, 0.2) is 28.8 Å². The number of carbonyl (C=O) groups is 1. The number of ether oxygens (including phenoxy) is 1. The van der Waals surface area contributed by atoms with Gasteiger partial charge in [0.25, 0.3) is 0 Å². The maximum absolute atomic E-state index is 12.5. The van der Waals surface area contributed by atoms with Gasteiger partial charge in [-0.2, -0.15) is 18.2 Å². The third kappa shape index (κ3) is 3.50. The summed E-state index contributed by atoms with van der Waals surface area (Å²) in [6, 6.07) is 6.35. The first-order valence-electron chi connectivity index (χ1n) is 7.26. The minimum Gasteiger partial charge on any atom is -0.489 e. The number of benzene rings is 1. The fraction of sp³-hybridized carbons (Fsp3) is 0.400. The lowest BCUT2D eigenvalue weighted by Gasteiger charge is -2.15. The van der Waals surface area contributed by atoms with Crippen molar-refractivity contribution in [2.24, 2.45) is 0 Å². The van der Waals surface area contributed by atoms with Crippen LogP contribution in [0, 0.1) is 0 Å². The van der Waals surface area contributed by atoms with E-state index in [1.807, 2.05) is 0 Å². The number of aromatic nitrogens is 2. The molecule has 0 bridgehead atoms. The number of alkyl halides is 3. The SMILES string of the molecule is CC(=O)N1CC[C@@H](Oc2ccc(-c3noc(C(F)(F)F)n3)cc2)C1. The van der Waals surface area contributed by atoms with Gasteiger partial charge in [-0.05, 0) is 24.3 Å². The molecule has 6 nitrogen and oxygen atoms in total. The van der Waals surface area contributed by atoms with E-state index in [1.165, 1.54) is 6.92 Å². The lowest BCUT2D eigenvalue weighted by molar-refractivity contribution is -0.159. The lowest BCUT2D eigenvalue weighted by Crippen LogP contribution is -2.28. The van der Waals surface area contributed by atoms with Gasteiger partial charge < -0.3 is 14.2 Å². The molecule has 2 aromatic rings. The van der Waals surface area contributed by atoms with Crippen LogP contribution in [-0.2, 0) is 11.0 Å². The summed E-state index contributed by atoms with van der Waals surface area (Å²) in [4.78, 5) is 16.3. The van der Waals surface area contributed by atoms with Crippen LogP contribution in [0.5, 0.6) is 5.75 Å². The molecule has 1 saturated heterocycles. The average molecular weight is 341 g/mol. The third-order valence-corrected chi connectivity index (χ3v) is 3.67. The molecule has 0 radical (unpaired) electrons. The molecule has 0 spiro atoms. The molecule has 1 fully saturated rings. The molecular weight excluding hydrogens is 327 g/mol. The number of amides is 1. The van der Waals surface area contributed by atoms with Crippen molar-refractivity contribution in [2.45, 2.75) is 25.6 Å². The summed E-state index contributed by atoms with van der Waals surface area (Å²) in [7, 11) is 0. The molecule has 1 aliphatic rings. The zero-order valence-corrected chi connectivity index (χ0v) is 12.7. The van der Waals surface area contributed by atoms with Gasteiger partial charge in [0.15, 0.2) is 0 Å². The van der Waals surface area contributed by atoms with Crippen molar-refractivity contribution in [3.63, 3.8) is 0 Å². The maximum atomic E-state index is 12.5. The minimum atomic E-state index is -4.67. The van der Waals surface area contributed by atoms with Gasteiger partial charge in [0.05, 0.1) is 6.54 Å². The van der Waals surface area contributed by atoms with Crippen LogP contribution >= 0.6 is 0 Å². The van der Waals surface area contributed by atoms with E-state index < -0.39 is 12.1 Å². The molecule has 1 atom stereocenters. The van der Waals surface area contributed by atoms with E-state index in [0.717, 1.165) is 6.42 Å². The molecule has 0 saturated carbocycles. The van der Waals surface area contributed by atoms with Crippen LogP contribution in [0.25, 0.3) is 11.4 Å². The summed E-state index contributed by atoms with van der Waals surface area (Å²) in [5.41, 5.74) is 0.387. The first kappa shape index (κ1) is 16.3. The number of likely N-dealkylation sites (tertiary alicyclic amines) is 1. The van der Waals surface area contributed by atoms with E-state index in [2.05, 4.69) is 14.7 Å². The van der Waals surface area contributed by atoms with Gasteiger partial charge in [-0.1, -0.05) is 5.16 Å². The summed E-state index contributed by atoms with van der Waals surface area (Å²) in [5.74, 6) is -0.951. The number of rotatable bonds is 3. The Balaban J connectivity index is 1.66. The Kier molecular flexibility index (Phi) is 4.16. The molecule has 0 unspecified atom stereocenters. The van der Waals surface area contributed by atoms with Crippen molar-refractivity contribution in [3.05, 3.63) is 30.2 Å². The number of nitrogens with zero attached hydrogens (tertiary/aromatic N) is 3. The summed E-state index contributed by atoms with van der Waals surface area (Å²) in [6.45, 7) is 2.69. The number of hydrogen-bond acceptors (Lipinski definition) is 5. The van der Waals surface area contributed by atoms with Gasteiger partial charge in [-0.15, -0.1) is 0 Å². The molecule has 9 heteroatoms. The monoisotopic (exact) mass is 341 g/mol. The highest BCUT2D eigenvalue weighted by molar-refractivity contribution is 5.73. The normalized spacial score (nSPS) is 18.0. The summed E-state index contributed by atoms with van der Waals surface area (Å²) < 4.78 is 47.3. The molecule has 0 aliphatic carbocycles. The molecule has 0 N–H and O–H groups in total. The molecule has 2 heterocycles. The zero-order chi connectivity index (χ0) is 17.3. The van der Waals surface area contributed by atoms with Gasteiger partial charge in [-0.3, -0.25) is 4.79 Å². The fourth-order valence-electron chi connectivity index (χ4n) is 2.44. The molecule has 1 amide bonds. The second kappa shape index (κ2) is 6.14. The average Bonchev–Trinajstić information content (AvgIpc) is 3.16. The van der Waals surface area contributed by atoms with E-state index in [1.54, 1.807) is 29.2 Å². The Morgan fingerprint density at radius 3 is 2.58 bits per heavy atom. The van der Waals surface area contributed by atoms with Crippen LogP contribution in [-0.4, -0.2) is 40.1 Å². The Morgan fingerprint density at radius 1 is 1.33 bits per heavy atom. The summed E-state index contributed by atoms with van der Waals surface area (Å²) >= 11 is 0. The van der Waals surface area contributed by atoms with Gasteiger partial charge in [0.2, 0.25) is 11.7 Å². The second-order valence-electron chi connectivity index (χ2n) is 5.44. The van der Waals surface area contributed by atoms with Crippen LogP contribution < -0.4 is 4.74 Å². The molecule has 3 rings (SSSR count). The van der Waals surface area contributed by atoms with Crippen LogP contribution in [0.3, 0.4) is 0 Å². The zero-order valence-electron chi connectivity index (χ0n) is 12.7. The van der Waals surface area contributed by atoms with E-state index in [0.29, 0.717) is 24.4 Å². The standard InChI is InChI=1S/C15H14F3N3O3/c1-9(22)21-7-6-12(8-21)23-11-4-2-10(3-5-11)13-19-14(24-20-13)15(16,17)18/h2-5,12H,6-8H2,1H3/t12-/m1/s1. The largest absolute Gasteiger partial charge is 0.489 e. The van der Waals surface area contributed by atoms with Crippen LogP contribution in [0.4, 0.5) is 13.2 Å². The summed E-state index contributed by atoms with van der Waals surface area (Å²) in [6.07, 6.45) is -4.03.